The van der Waals surface area contributed by atoms with E-state index in [-0.39, 0.29) is 17.8 Å². The van der Waals surface area contributed by atoms with Gasteiger partial charge in [0, 0.05) is 5.69 Å². The monoisotopic (exact) mass is 284 g/mol. The number of fused-ring (bicyclic) bond motifs is 1. The predicted molar refractivity (Wildman–Crippen MR) is 80.8 cm³/mol. The van der Waals surface area contributed by atoms with E-state index in [1.54, 1.807) is 13.0 Å². The highest BCUT2D eigenvalue weighted by Crippen LogP contribution is 2.29. The number of benzene rings is 2. The summed E-state index contributed by atoms with van der Waals surface area (Å²) >= 11 is 0. The standard InChI is InChI=1S/C17H17FN2O/c1-10-7-11(3-5-14(10)18)17(19-2)12-4-6-15-13(8-12)9-16(21)20-15/h3-8,17,19H,9H2,1-2H3,(H,20,21). The van der Waals surface area contributed by atoms with Crippen molar-refractivity contribution in [1.82, 2.24) is 5.32 Å². The number of halogens is 1. The van der Waals surface area contributed by atoms with Gasteiger partial charge in [0.15, 0.2) is 0 Å². The molecule has 0 fully saturated rings. The maximum Gasteiger partial charge on any atom is 0.228 e. The van der Waals surface area contributed by atoms with Crippen molar-refractivity contribution in [3.63, 3.8) is 0 Å². The maximum atomic E-state index is 13.4. The first-order valence-corrected chi connectivity index (χ1v) is 6.94. The Morgan fingerprint density at radius 2 is 1.90 bits per heavy atom. The molecule has 1 atom stereocenters. The van der Waals surface area contributed by atoms with Crippen LogP contribution < -0.4 is 10.6 Å². The summed E-state index contributed by atoms with van der Waals surface area (Å²) in [4.78, 5) is 11.4. The third kappa shape index (κ3) is 2.54. The van der Waals surface area contributed by atoms with E-state index < -0.39 is 0 Å². The van der Waals surface area contributed by atoms with Crippen molar-refractivity contribution < 1.29 is 9.18 Å². The normalized spacial score (nSPS) is 14.7. The molecule has 4 heteroatoms. The van der Waals surface area contributed by atoms with Crippen molar-refractivity contribution >= 4 is 11.6 Å². The van der Waals surface area contributed by atoms with Gasteiger partial charge in [0.05, 0.1) is 12.5 Å². The Morgan fingerprint density at radius 1 is 1.19 bits per heavy atom. The van der Waals surface area contributed by atoms with E-state index in [1.165, 1.54) is 6.07 Å². The summed E-state index contributed by atoms with van der Waals surface area (Å²) in [5.41, 5.74) is 4.60. The van der Waals surface area contributed by atoms with Crippen LogP contribution in [-0.2, 0) is 11.2 Å². The van der Waals surface area contributed by atoms with Gasteiger partial charge in [0.2, 0.25) is 5.91 Å². The van der Waals surface area contributed by atoms with Crippen LogP contribution in [0.4, 0.5) is 10.1 Å². The van der Waals surface area contributed by atoms with Crippen molar-refractivity contribution in [2.75, 3.05) is 12.4 Å². The van der Waals surface area contributed by atoms with Crippen LogP contribution in [0.5, 0.6) is 0 Å². The molecule has 21 heavy (non-hydrogen) atoms. The van der Waals surface area contributed by atoms with Gasteiger partial charge in [0.25, 0.3) is 0 Å². The molecule has 0 spiro atoms. The van der Waals surface area contributed by atoms with E-state index in [0.29, 0.717) is 12.0 Å². The van der Waals surface area contributed by atoms with E-state index in [9.17, 15) is 9.18 Å². The maximum absolute atomic E-state index is 13.4. The number of hydrogen-bond acceptors (Lipinski definition) is 2. The summed E-state index contributed by atoms with van der Waals surface area (Å²) < 4.78 is 13.4. The summed E-state index contributed by atoms with van der Waals surface area (Å²) in [6.45, 7) is 1.76. The predicted octanol–water partition coefficient (Wildman–Crippen LogP) is 2.94. The molecule has 2 N–H and O–H groups in total. The lowest BCUT2D eigenvalue weighted by molar-refractivity contribution is -0.115. The van der Waals surface area contributed by atoms with Crippen LogP contribution in [0.2, 0.25) is 0 Å². The van der Waals surface area contributed by atoms with E-state index >= 15 is 0 Å². The smallest absolute Gasteiger partial charge is 0.228 e. The third-order valence-corrected chi connectivity index (χ3v) is 3.89. The highest BCUT2D eigenvalue weighted by atomic mass is 19.1. The van der Waals surface area contributed by atoms with Crippen LogP contribution in [-0.4, -0.2) is 13.0 Å². The molecule has 0 bridgehead atoms. The summed E-state index contributed by atoms with van der Waals surface area (Å²) in [7, 11) is 1.87. The zero-order chi connectivity index (χ0) is 15.0. The minimum absolute atomic E-state index is 0.0229. The molecule has 1 unspecified atom stereocenters. The molecule has 0 radical (unpaired) electrons. The molecule has 2 aromatic carbocycles. The molecule has 0 aliphatic carbocycles. The fraction of sp³-hybridized carbons (Fsp3) is 0.235. The highest BCUT2D eigenvalue weighted by Gasteiger charge is 2.20. The van der Waals surface area contributed by atoms with Crippen LogP contribution in [0.15, 0.2) is 36.4 Å². The summed E-state index contributed by atoms with van der Waals surface area (Å²) in [5.74, 6) is -0.168. The van der Waals surface area contributed by atoms with Crippen LogP contribution in [0.1, 0.15) is 28.3 Å². The van der Waals surface area contributed by atoms with Gasteiger partial charge in [-0.25, -0.2) is 4.39 Å². The van der Waals surface area contributed by atoms with Crippen molar-refractivity contribution in [2.45, 2.75) is 19.4 Å². The Balaban J connectivity index is 1.98. The first-order valence-electron chi connectivity index (χ1n) is 6.94. The molecule has 3 nitrogen and oxygen atoms in total. The fourth-order valence-corrected chi connectivity index (χ4v) is 2.80. The Bertz CT molecular complexity index is 712. The Kier molecular flexibility index (Phi) is 3.47. The van der Waals surface area contributed by atoms with Crippen molar-refractivity contribution in [3.8, 4) is 0 Å². The van der Waals surface area contributed by atoms with Gasteiger partial charge >= 0.3 is 0 Å². The lowest BCUT2D eigenvalue weighted by atomic mass is 9.95. The SMILES string of the molecule is CNC(c1ccc(F)c(C)c1)c1ccc2c(c1)CC(=O)N2. The molecule has 3 rings (SSSR count). The molecule has 1 amide bonds. The lowest BCUT2D eigenvalue weighted by Gasteiger charge is -2.19. The molecule has 0 saturated carbocycles. The molecule has 1 heterocycles. The molecular weight excluding hydrogens is 267 g/mol. The van der Waals surface area contributed by atoms with Crippen LogP contribution in [0, 0.1) is 12.7 Å². The zero-order valence-electron chi connectivity index (χ0n) is 12.0. The number of anilines is 1. The van der Waals surface area contributed by atoms with Crippen molar-refractivity contribution in [1.29, 1.82) is 0 Å². The average Bonchev–Trinajstić information content (AvgIpc) is 2.83. The largest absolute Gasteiger partial charge is 0.326 e. The van der Waals surface area contributed by atoms with E-state index in [1.807, 2.05) is 31.3 Å². The lowest BCUT2D eigenvalue weighted by Crippen LogP contribution is -2.18. The topological polar surface area (TPSA) is 41.1 Å². The first-order chi connectivity index (χ1) is 10.1. The van der Waals surface area contributed by atoms with Gasteiger partial charge in [-0.2, -0.15) is 0 Å². The molecule has 0 aromatic heterocycles. The molecule has 2 aromatic rings. The van der Waals surface area contributed by atoms with Gasteiger partial charge in [-0.3, -0.25) is 4.79 Å². The zero-order valence-corrected chi connectivity index (χ0v) is 12.0. The minimum atomic E-state index is -0.197. The molecule has 0 saturated heterocycles. The van der Waals surface area contributed by atoms with E-state index in [4.69, 9.17) is 0 Å². The van der Waals surface area contributed by atoms with Gasteiger partial charge in [-0.15, -0.1) is 0 Å². The van der Waals surface area contributed by atoms with E-state index in [0.717, 1.165) is 22.4 Å². The van der Waals surface area contributed by atoms with Gasteiger partial charge in [-0.1, -0.05) is 24.3 Å². The highest BCUT2D eigenvalue weighted by molar-refractivity contribution is 5.99. The number of rotatable bonds is 3. The summed E-state index contributed by atoms with van der Waals surface area (Å²) in [6, 6.07) is 11.1. The van der Waals surface area contributed by atoms with Crippen LogP contribution >= 0.6 is 0 Å². The second kappa shape index (κ2) is 5.30. The molecule has 1 aliphatic rings. The Labute approximate surface area is 123 Å². The molecule has 108 valence electrons. The Morgan fingerprint density at radius 3 is 2.62 bits per heavy atom. The number of carbonyl (C=O) groups is 1. The fourth-order valence-electron chi connectivity index (χ4n) is 2.80. The van der Waals surface area contributed by atoms with Crippen LogP contribution in [0.3, 0.4) is 0 Å². The summed E-state index contributed by atoms with van der Waals surface area (Å²) in [6.07, 6.45) is 0.419. The number of carbonyl (C=O) groups excluding carboxylic acids is 1. The number of aryl methyl sites for hydroxylation is 1. The van der Waals surface area contributed by atoms with Crippen LogP contribution in [0.25, 0.3) is 0 Å². The minimum Gasteiger partial charge on any atom is -0.326 e. The molecular formula is C17H17FN2O. The molecule has 1 aliphatic heterocycles. The second-order valence-electron chi connectivity index (χ2n) is 5.37. The van der Waals surface area contributed by atoms with Gasteiger partial charge in [0.1, 0.15) is 5.82 Å². The van der Waals surface area contributed by atoms with Crippen molar-refractivity contribution in [2.24, 2.45) is 0 Å². The van der Waals surface area contributed by atoms with E-state index in [2.05, 4.69) is 10.6 Å². The Hall–Kier alpha value is -2.20. The van der Waals surface area contributed by atoms with Gasteiger partial charge in [-0.05, 0) is 48.4 Å². The quantitative estimate of drug-likeness (QED) is 0.910. The average molecular weight is 284 g/mol. The number of nitrogens with one attached hydrogen (secondary N) is 2. The number of hydrogen-bond donors (Lipinski definition) is 2. The first kappa shape index (κ1) is 13.8. The number of amides is 1. The third-order valence-electron chi connectivity index (χ3n) is 3.89. The summed E-state index contributed by atoms with van der Waals surface area (Å²) in [5, 5.41) is 6.08. The van der Waals surface area contributed by atoms with Crippen molar-refractivity contribution in [3.05, 3.63) is 64.5 Å². The van der Waals surface area contributed by atoms with Gasteiger partial charge < -0.3 is 10.6 Å². The second-order valence-corrected chi connectivity index (χ2v) is 5.37.